The number of hydrogen-bond acceptors (Lipinski definition) is 4. The third-order valence-electron chi connectivity index (χ3n) is 7.06. The topological polar surface area (TPSA) is 54.6 Å². The molecule has 1 amide bonds. The fourth-order valence-corrected chi connectivity index (χ4v) is 6.82. The Morgan fingerprint density at radius 1 is 1.14 bits per heavy atom. The number of rotatable bonds is 5. The van der Waals surface area contributed by atoms with Gasteiger partial charge in [0.1, 0.15) is 16.5 Å². The quantitative estimate of drug-likeness (QED) is 0.241. The summed E-state index contributed by atoms with van der Waals surface area (Å²) in [6.07, 6.45) is 4.68. The van der Waals surface area contributed by atoms with Crippen molar-refractivity contribution in [2.75, 3.05) is 5.32 Å². The molecule has 37 heavy (non-hydrogen) atoms. The van der Waals surface area contributed by atoms with Gasteiger partial charge in [-0.3, -0.25) is 4.79 Å². The summed E-state index contributed by atoms with van der Waals surface area (Å²) >= 11 is 5.28. The molecule has 0 aliphatic heterocycles. The van der Waals surface area contributed by atoms with Crippen LogP contribution in [-0.2, 0) is 12.8 Å². The van der Waals surface area contributed by atoms with Gasteiger partial charge in [-0.25, -0.2) is 4.99 Å². The van der Waals surface area contributed by atoms with Gasteiger partial charge in [0.05, 0.1) is 11.8 Å². The molecule has 1 N–H and O–H groups in total. The lowest BCUT2D eigenvalue weighted by Gasteiger charge is -2.33. The largest absolute Gasteiger partial charge is 0.455 e. The van der Waals surface area contributed by atoms with Crippen LogP contribution in [0.4, 0.5) is 10.7 Å². The van der Waals surface area contributed by atoms with Crippen molar-refractivity contribution in [1.29, 1.82) is 0 Å². The van der Waals surface area contributed by atoms with Crippen molar-refractivity contribution in [3.8, 4) is 11.3 Å². The summed E-state index contributed by atoms with van der Waals surface area (Å²) in [5.74, 6) is 1.90. The van der Waals surface area contributed by atoms with Crippen molar-refractivity contribution in [2.45, 2.75) is 47.0 Å². The number of hydrogen-bond donors (Lipinski definition) is 1. The summed E-state index contributed by atoms with van der Waals surface area (Å²) in [6, 6.07) is 19.6. The molecule has 0 fully saturated rings. The van der Waals surface area contributed by atoms with Crippen LogP contribution in [-0.4, -0.2) is 12.1 Å². The summed E-state index contributed by atoms with van der Waals surface area (Å²) in [6.45, 7) is 8.97. The molecule has 4 nitrogen and oxygen atoms in total. The molecule has 2 heterocycles. The third-order valence-corrected chi connectivity index (χ3v) is 8.87. The highest BCUT2D eigenvalue weighted by Crippen LogP contribution is 2.45. The predicted molar refractivity (Wildman–Crippen MR) is 158 cm³/mol. The van der Waals surface area contributed by atoms with E-state index in [1.165, 1.54) is 10.4 Å². The van der Waals surface area contributed by atoms with Crippen molar-refractivity contribution in [3.63, 3.8) is 0 Å². The van der Waals surface area contributed by atoms with E-state index in [9.17, 15) is 4.79 Å². The zero-order chi connectivity index (χ0) is 26.2. The van der Waals surface area contributed by atoms with Crippen LogP contribution in [0.3, 0.4) is 0 Å². The van der Waals surface area contributed by atoms with Crippen LogP contribution in [0.25, 0.3) is 11.3 Å². The number of anilines is 1. The number of benzene rings is 2. The van der Waals surface area contributed by atoms with E-state index in [0.29, 0.717) is 17.2 Å². The monoisotopic (exact) mass is 574 g/mol. The Morgan fingerprint density at radius 2 is 1.92 bits per heavy atom. The number of aryl methyl sites for hydroxylation is 1. The Labute approximate surface area is 231 Å². The predicted octanol–water partition coefficient (Wildman–Crippen LogP) is 9.23. The minimum atomic E-state index is -0.103. The molecule has 1 aliphatic rings. The lowest BCUT2D eigenvalue weighted by atomic mass is 9.72. The number of halogens is 1. The molecule has 190 valence electrons. The fourth-order valence-electron chi connectivity index (χ4n) is 4.86. The maximum absolute atomic E-state index is 13.5. The number of carbonyl (C=O) groups is 1. The second kappa shape index (κ2) is 10.4. The van der Waals surface area contributed by atoms with Crippen LogP contribution in [0.15, 0.2) is 74.5 Å². The SMILES string of the molecule is Cc1ccc(-c2ccc(C=Nc3sc4c(c3C(=O)Nc3ccccc3)CC[C@@H](C(C)(C)C)C4)o2)c(Br)c1. The van der Waals surface area contributed by atoms with Gasteiger partial charge in [0.2, 0.25) is 0 Å². The second-order valence-electron chi connectivity index (χ2n) is 10.8. The molecule has 0 spiro atoms. The van der Waals surface area contributed by atoms with Crippen LogP contribution in [0.1, 0.15) is 59.3 Å². The number of para-hydroxylation sites is 1. The molecule has 2 aromatic heterocycles. The first kappa shape index (κ1) is 25.7. The van der Waals surface area contributed by atoms with Gasteiger partial charge < -0.3 is 9.73 Å². The highest BCUT2D eigenvalue weighted by atomic mass is 79.9. The summed E-state index contributed by atoms with van der Waals surface area (Å²) < 4.78 is 7.09. The van der Waals surface area contributed by atoms with Gasteiger partial charge in [-0.15, -0.1) is 11.3 Å². The number of thiophene rings is 1. The number of carbonyl (C=O) groups excluding carboxylic acids is 1. The first-order valence-corrected chi connectivity index (χ1v) is 14.2. The molecule has 1 aliphatic carbocycles. The normalized spacial score (nSPS) is 15.6. The van der Waals surface area contributed by atoms with Crippen molar-refractivity contribution in [2.24, 2.45) is 16.3 Å². The van der Waals surface area contributed by atoms with Crippen molar-refractivity contribution < 1.29 is 9.21 Å². The molecule has 6 heteroatoms. The van der Waals surface area contributed by atoms with Gasteiger partial charge in [0.15, 0.2) is 0 Å². The van der Waals surface area contributed by atoms with E-state index in [1.807, 2.05) is 48.5 Å². The summed E-state index contributed by atoms with van der Waals surface area (Å²) in [5.41, 5.74) is 5.03. The lowest BCUT2D eigenvalue weighted by Crippen LogP contribution is -2.27. The average molecular weight is 576 g/mol. The number of nitrogens with zero attached hydrogens (tertiary/aromatic N) is 1. The van der Waals surface area contributed by atoms with E-state index in [-0.39, 0.29) is 11.3 Å². The molecule has 4 aromatic rings. The Hall–Kier alpha value is -2.96. The van der Waals surface area contributed by atoms with Crippen LogP contribution < -0.4 is 5.32 Å². The van der Waals surface area contributed by atoms with E-state index in [4.69, 9.17) is 9.41 Å². The first-order chi connectivity index (χ1) is 17.7. The summed E-state index contributed by atoms with van der Waals surface area (Å²) in [7, 11) is 0. The standard InChI is InChI=1S/C31H31BrN2O2S/c1-19-10-13-23(25(32)16-19)26-15-12-22(36-26)18-33-30-28(29(35)34-21-8-6-5-7-9-21)24-14-11-20(31(2,3)4)17-27(24)37-30/h5-10,12-13,15-16,18,20H,11,14,17H2,1-4H3,(H,34,35)/t20-/m1/s1. The van der Waals surface area contributed by atoms with Crippen molar-refractivity contribution >= 4 is 50.1 Å². The van der Waals surface area contributed by atoms with Crippen LogP contribution in [0, 0.1) is 18.3 Å². The minimum Gasteiger partial charge on any atom is -0.455 e. The number of amides is 1. The Morgan fingerprint density at radius 3 is 2.65 bits per heavy atom. The highest BCUT2D eigenvalue weighted by molar-refractivity contribution is 9.10. The van der Waals surface area contributed by atoms with Crippen LogP contribution >= 0.6 is 27.3 Å². The molecule has 0 radical (unpaired) electrons. The Kier molecular flexibility index (Phi) is 7.24. The molecular weight excluding hydrogens is 544 g/mol. The highest BCUT2D eigenvalue weighted by Gasteiger charge is 2.33. The van der Waals surface area contributed by atoms with Crippen molar-refractivity contribution in [3.05, 3.63) is 92.5 Å². The molecular formula is C31H31BrN2O2S. The Balaban J connectivity index is 1.47. The van der Waals surface area contributed by atoms with Gasteiger partial charge in [0, 0.05) is 20.6 Å². The van der Waals surface area contributed by atoms with E-state index in [1.54, 1.807) is 17.6 Å². The average Bonchev–Trinajstić information content (AvgIpc) is 3.46. The first-order valence-electron chi connectivity index (χ1n) is 12.6. The van der Waals surface area contributed by atoms with Crippen LogP contribution in [0.5, 0.6) is 0 Å². The molecule has 0 saturated heterocycles. The zero-order valence-corrected chi connectivity index (χ0v) is 24.0. The van der Waals surface area contributed by atoms with E-state index < -0.39 is 0 Å². The van der Waals surface area contributed by atoms with Gasteiger partial charge in [-0.1, -0.05) is 61.0 Å². The second-order valence-corrected chi connectivity index (χ2v) is 12.7. The number of fused-ring (bicyclic) bond motifs is 1. The molecule has 0 bridgehead atoms. The molecule has 1 atom stereocenters. The number of furan rings is 1. The fraction of sp³-hybridized carbons (Fsp3) is 0.290. The van der Waals surface area contributed by atoms with E-state index >= 15 is 0 Å². The van der Waals surface area contributed by atoms with Crippen LogP contribution in [0.2, 0.25) is 0 Å². The third kappa shape index (κ3) is 5.65. The zero-order valence-electron chi connectivity index (χ0n) is 21.6. The maximum Gasteiger partial charge on any atom is 0.259 e. The molecule has 0 unspecified atom stereocenters. The minimum absolute atomic E-state index is 0.103. The van der Waals surface area contributed by atoms with Gasteiger partial charge in [-0.2, -0.15) is 0 Å². The number of nitrogens with one attached hydrogen (secondary N) is 1. The van der Waals surface area contributed by atoms with Gasteiger partial charge in [-0.05, 0) is 85.0 Å². The smallest absolute Gasteiger partial charge is 0.259 e. The van der Waals surface area contributed by atoms with Gasteiger partial charge >= 0.3 is 0 Å². The summed E-state index contributed by atoms with van der Waals surface area (Å²) in [5, 5.41) is 3.81. The van der Waals surface area contributed by atoms with Gasteiger partial charge in [0.25, 0.3) is 5.91 Å². The maximum atomic E-state index is 13.5. The number of aliphatic imine (C=N–C) groups is 1. The van der Waals surface area contributed by atoms with E-state index in [0.717, 1.165) is 51.3 Å². The van der Waals surface area contributed by atoms with Crippen molar-refractivity contribution in [1.82, 2.24) is 0 Å². The van der Waals surface area contributed by atoms with E-state index in [2.05, 4.69) is 61.1 Å². The Bertz CT molecular complexity index is 1460. The molecule has 2 aromatic carbocycles. The summed E-state index contributed by atoms with van der Waals surface area (Å²) in [4.78, 5) is 19.6. The lowest BCUT2D eigenvalue weighted by molar-refractivity contribution is 0.102. The molecule has 0 saturated carbocycles. The molecule has 5 rings (SSSR count).